The summed E-state index contributed by atoms with van der Waals surface area (Å²) >= 11 is 0. The van der Waals surface area contributed by atoms with Gasteiger partial charge in [-0.05, 0) is 23.3 Å². The zero-order chi connectivity index (χ0) is 23.8. The third-order valence-electron chi connectivity index (χ3n) is 6.61. The molecule has 2 heterocycles. The quantitative estimate of drug-likeness (QED) is 0.314. The Morgan fingerprint density at radius 3 is 2.38 bits per heavy atom. The minimum Gasteiger partial charge on any atom is -0.493 e. The van der Waals surface area contributed by atoms with Gasteiger partial charge in [0.15, 0.2) is 17.3 Å². The summed E-state index contributed by atoms with van der Waals surface area (Å²) in [6, 6.07) is 18.9. The van der Waals surface area contributed by atoms with Crippen molar-refractivity contribution in [3.63, 3.8) is 0 Å². The third kappa shape index (κ3) is 3.39. The number of nitrogens with zero attached hydrogens (tertiary/aromatic N) is 3. The normalized spacial score (nSPS) is 22.6. The lowest BCUT2D eigenvalue weighted by Crippen LogP contribution is -2.38. The minimum atomic E-state index is -1.10. The molecule has 0 N–H and O–H groups in total. The molecular weight excluding hydrogens is 434 g/mol. The van der Waals surface area contributed by atoms with Crippen LogP contribution in [0.5, 0.6) is 11.5 Å². The summed E-state index contributed by atoms with van der Waals surface area (Å²) in [7, 11) is 3.04. The molecule has 0 saturated carbocycles. The molecule has 0 amide bonds. The first-order valence-electron chi connectivity index (χ1n) is 10.9. The molecular formula is C26H23N3O5. The summed E-state index contributed by atoms with van der Waals surface area (Å²) in [6.45, 7) is 0. The zero-order valence-corrected chi connectivity index (χ0v) is 18.7. The summed E-state index contributed by atoms with van der Waals surface area (Å²) in [6.07, 6.45) is 1.67. The Morgan fingerprint density at radius 2 is 1.68 bits per heavy atom. The second kappa shape index (κ2) is 8.62. The fourth-order valence-electron chi connectivity index (χ4n) is 5.12. The SMILES string of the molecule is COc1ccc([C@@H]2[C@H]([N+](=O)[O-])[C@@H]3c4ccccc4C=NN3[C@@H]2C(=O)c2ccccc2)cc1OC. The lowest BCUT2D eigenvalue weighted by Gasteiger charge is -2.30. The predicted molar refractivity (Wildman–Crippen MR) is 126 cm³/mol. The van der Waals surface area contributed by atoms with Crippen LogP contribution in [0.25, 0.3) is 0 Å². The molecule has 34 heavy (non-hydrogen) atoms. The van der Waals surface area contributed by atoms with Crippen LogP contribution >= 0.6 is 0 Å². The second-order valence-electron chi connectivity index (χ2n) is 8.29. The van der Waals surface area contributed by atoms with Gasteiger partial charge in [0, 0.05) is 16.1 Å². The van der Waals surface area contributed by atoms with E-state index in [0.717, 1.165) is 11.1 Å². The van der Waals surface area contributed by atoms with Crippen molar-refractivity contribution in [2.45, 2.75) is 24.0 Å². The molecule has 1 saturated heterocycles. The predicted octanol–water partition coefficient (Wildman–Crippen LogP) is 4.09. The van der Waals surface area contributed by atoms with Crippen molar-refractivity contribution in [2.24, 2.45) is 5.10 Å². The molecule has 1 fully saturated rings. The largest absolute Gasteiger partial charge is 0.493 e. The zero-order valence-electron chi connectivity index (χ0n) is 18.7. The van der Waals surface area contributed by atoms with Crippen LogP contribution in [0.4, 0.5) is 0 Å². The van der Waals surface area contributed by atoms with Crippen LogP contribution in [0.15, 0.2) is 77.9 Å². The van der Waals surface area contributed by atoms with E-state index in [4.69, 9.17) is 9.47 Å². The van der Waals surface area contributed by atoms with Crippen LogP contribution in [-0.2, 0) is 0 Å². The summed E-state index contributed by atoms with van der Waals surface area (Å²) in [5.41, 5.74) is 2.70. The number of methoxy groups -OCH3 is 2. The fraction of sp³-hybridized carbons (Fsp3) is 0.231. The van der Waals surface area contributed by atoms with Gasteiger partial charge in [-0.2, -0.15) is 5.10 Å². The lowest BCUT2D eigenvalue weighted by molar-refractivity contribution is -0.529. The molecule has 5 rings (SSSR count). The number of hydrazone groups is 1. The first kappa shape index (κ1) is 21.6. The van der Waals surface area contributed by atoms with Gasteiger partial charge in [0.2, 0.25) is 6.04 Å². The van der Waals surface area contributed by atoms with Crippen LogP contribution in [-0.4, -0.2) is 48.2 Å². The van der Waals surface area contributed by atoms with E-state index in [1.807, 2.05) is 30.3 Å². The molecule has 0 unspecified atom stereocenters. The Kier molecular flexibility index (Phi) is 5.49. The standard InChI is InChI=1S/C26H23N3O5/c1-33-20-13-12-17(14-21(20)34-2)22-24(29(31)32)23-19-11-7-6-10-18(19)15-27-28(23)25(22)26(30)16-8-4-3-5-9-16/h3-15,22-25H,1-2H3/t22-,23+,24+,25+/m1/s1. The van der Waals surface area contributed by atoms with E-state index in [1.165, 1.54) is 14.2 Å². The molecule has 8 heteroatoms. The number of fused-ring (bicyclic) bond motifs is 3. The molecule has 3 aromatic carbocycles. The molecule has 2 aliphatic rings. The lowest BCUT2D eigenvalue weighted by atomic mass is 9.82. The van der Waals surface area contributed by atoms with Gasteiger partial charge in [-0.3, -0.25) is 19.9 Å². The van der Waals surface area contributed by atoms with Crippen molar-refractivity contribution in [3.05, 3.63) is 105 Å². The van der Waals surface area contributed by atoms with Crippen LogP contribution in [0.1, 0.15) is 39.0 Å². The average Bonchev–Trinajstić information content (AvgIpc) is 3.24. The monoisotopic (exact) mass is 457 g/mol. The van der Waals surface area contributed by atoms with E-state index < -0.39 is 24.0 Å². The Balaban J connectivity index is 1.72. The van der Waals surface area contributed by atoms with Crippen LogP contribution in [0.3, 0.4) is 0 Å². The Bertz CT molecular complexity index is 1280. The van der Waals surface area contributed by atoms with Gasteiger partial charge in [0.1, 0.15) is 12.1 Å². The first-order valence-corrected chi connectivity index (χ1v) is 10.9. The minimum absolute atomic E-state index is 0.216. The Morgan fingerprint density at radius 1 is 0.971 bits per heavy atom. The summed E-state index contributed by atoms with van der Waals surface area (Å²) < 4.78 is 10.8. The maximum absolute atomic E-state index is 13.8. The fourth-order valence-corrected chi connectivity index (χ4v) is 5.12. The van der Waals surface area contributed by atoms with Gasteiger partial charge in [-0.15, -0.1) is 0 Å². The second-order valence-corrected chi connectivity index (χ2v) is 8.29. The van der Waals surface area contributed by atoms with Gasteiger partial charge in [0.25, 0.3) is 0 Å². The van der Waals surface area contributed by atoms with Gasteiger partial charge in [-0.25, -0.2) is 0 Å². The van der Waals surface area contributed by atoms with E-state index in [-0.39, 0.29) is 10.7 Å². The van der Waals surface area contributed by atoms with Gasteiger partial charge >= 0.3 is 0 Å². The van der Waals surface area contributed by atoms with E-state index in [1.54, 1.807) is 53.7 Å². The highest BCUT2D eigenvalue weighted by molar-refractivity contribution is 6.01. The Labute approximate surface area is 196 Å². The molecule has 4 atom stereocenters. The topological polar surface area (TPSA) is 94.3 Å². The number of hydrogen-bond acceptors (Lipinski definition) is 7. The highest BCUT2D eigenvalue weighted by Gasteiger charge is 2.60. The first-order chi connectivity index (χ1) is 16.5. The van der Waals surface area contributed by atoms with Crippen molar-refractivity contribution in [3.8, 4) is 11.5 Å². The molecule has 0 spiro atoms. The number of carbonyl (C=O) groups is 1. The Hall–Kier alpha value is -4.20. The number of hydrogen-bond donors (Lipinski definition) is 0. The summed E-state index contributed by atoms with van der Waals surface area (Å²) in [4.78, 5) is 26.2. The van der Waals surface area contributed by atoms with Crippen molar-refractivity contribution < 1.29 is 19.2 Å². The van der Waals surface area contributed by atoms with Crippen LogP contribution in [0, 0.1) is 10.1 Å². The van der Waals surface area contributed by atoms with Crippen molar-refractivity contribution in [1.82, 2.24) is 5.01 Å². The molecule has 0 aromatic heterocycles. The van der Waals surface area contributed by atoms with Crippen molar-refractivity contribution >= 4 is 12.0 Å². The number of ketones is 1. The maximum Gasteiger partial charge on any atom is 0.248 e. The van der Waals surface area contributed by atoms with Crippen molar-refractivity contribution in [1.29, 1.82) is 0 Å². The van der Waals surface area contributed by atoms with Crippen molar-refractivity contribution in [2.75, 3.05) is 14.2 Å². The molecule has 0 radical (unpaired) electrons. The highest BCUT2D eigenvalue weighted by Crippen LogP contribution is 2.50. The van der Waals surface area contributed by atoms with Gasteiger partial charge in [0.05, 0.1) is 26.4 Å². The van der Waals surface area contributed by atoms with E-state index in [0.29, 0.717) is 22.6 Å². The molecule has 3 aromatic rings. The number of ether oxygens (including phenoxy) is 2. The van der Waals surface area contributed by atoms with Crippen LogP contribution < -0.4 is 9.47 Å². The summed E-state index contributed by atoms with van der Waals surface area (Å²) in [5.74, 6) is -0.0298. The maximum atomic E-state index is 13.8. The van der Waals surface area contributed by atoms with Gasteiger partial charge in [-0.1, -0.05) is 60.7 Å². The molecule has 2 aliphatic heterocycles. The average molecular weight is 457 g/mol. The summed E-state index contributed by atoms with van der Waals surface area (Å²) in [5, 5.41) is 18.8. The molecule has 0 bridgehead atoms. The number of rotatable bonds is 6. The third-order valence-corrected chi connectivity index (χ3v) is 6.61. The highest BCUT2D eigenvalue weighted by atomic mass is 16.6. The number of carbonyl (C=O) groups excluding carboxylic acids is 1. The van der Waals surface area contributed by atoms with E-state index in [9.17, 15) is 14.9 Å². The number of benzene rings is 3. The molecule has 172 valence electrons. The number of nitro groups is 1. The van der Waals surface area contributed by atoms with E-state index in [2.05, 4.69) is 5.10 Å². The number of Topliss-reactive ketones (excluding diaryl/α,β-unsaturated/α-hetero) is 1. The van der Waals surface area contributed by atoms with Gasteiger partial charge < -0.3 is 9.47 Å². The molecule has 0 aliphatic carbocycles. The van der Waals surface area contributed by atoms with E-state index >= 15 is 0 Å². The molecule has 8 nitrogen and oxygen atoms in total. The van der Waals surface area contributed by atoms with Crippen LogP contribution in [0.2, 0.25) is 0 Å². The smallest absolute Gasteiger partial charge is 0.248 e.